The highest BCUT2D eigenvalue weighted by Crippen LogP contribution is 2.03. The Labute approximate surface area is 82.9 Å². The van der Waals surface area contributed by atoms with Crippen LogP contribution in [0.4, 0.5) is 4.79 Å². The molecule has 0 aliphatic heterocycles. The van der Waals surface area contributed by atoms with Crippen molar-refractivity contribution in [3.63, 3.8) is 0 Å². The summed E-state index contributed by atoms with van der Waals surface area (Å²) in [5, 5.41) is 5.25. The molecule has 0 fully saturated rings. The number of carbonyl (C=O) groups excluding carboxylic acids is 1. The third-order valence-corrected chi connectivity index (χ3v) is 1.69. The van der Waals surface area contributed by atoms with Gasteiger partial charge in [0.1, 0.15) is 5.76 Å². The molecule has 0 aliphatic rings. The van der Waals surface area contributed by atoms with Gasteiger partial charge in [0.15, 0.2) is 0 Å². The van der Waals surface area contributed by atoms with Crippen molar-refractivity contribution in [2.24, 2.45) is 0 Å². The number of carbonyl (C=O) groups is 1. The average molecular weight is 197 g/mol. The number of oxazole rings is 1. The first-order chi connectivity index (χ1) is 6.76. The van der Waals surface area contributed by atoms with E-state index in [2.05, 4.69) is 15.6 Å². The van der Waals surface area contributed by atoms with Gasteiger partial charge in [-0.05, 0) is 6.92 Å². The molecule has 78 valence electrons. The molecule has 2 N–H and O–H groups in total. The van der Waals surface area contributed by atoms with Crippen LogP contribution in [0.1, 0.15) is 25.5 Å². The first-order valence-corrected chi connectivity index (χ1v) is 4.71. The quantitative estimate of drug-likeness (QED) is 0.758. The Hall–Kier alpha value is -1.52. The third kappa shape index (κ3) is 3.08. The molecule has 0 saturated carbocycles. The van der Waals surface area contributed by atoms with Crippen molar-refractivity contribution in [1.29, 1.82) is 0 Å². The van der Waals surface area contributed by atoms with E-state index in [1.807, 2.05) is 13.8 Å². The first kappa shape index (κ1) is 10.6. The van der Waals surface area contributed by atoms with E-state index in [0.717, 1.165) is 12.2 Å². The van der Waals surface area contributed by atoms with Crippen molar-refractivity contribution in [1.82, 2.24) is 15.6 Å². The minimum Gasteiger partial charge on any atom is -0.444 e. The highest BCUT2D eigenvalue weighted by Gasteiger charge is 2.03. The van der Waals surface area contributed by atoms with Gasteiger partial charge in [0, 0.05) is 13.0 Å². The summed E-state index contributed by atoms with van der Waals surface area (Å²) in [7, 11) is 0. The fraction of sp³-hybridized carbons (Fsp3) is 0.556. The standard InChI is InChI=1S/C9H15N3O2/c1-3-7-5-11-8(14-7)6-12-9(13)10-4-2/h5H,3-4,6H2,1-2H3,(H2,10,12,13). The molecule has 1 aromatic heterocycles. The normalized spacial score (nSPS) is 9.86. The van der Waals surface area contributed by atoms with Gasteiger partial charge >= 0.3 is 6.03 Å². The molecule has 0 aromatic carbocycles. The maximum Gasteiger partial charge on any atom is 0.315 e. The van der Waals surface area contributed by atoms with Gasteiger partial charge in [0.25, 0.3) is 0 Å². The predicted molar refractivity (Wildman–Crippen MR) is 51.8 cm³/mol. The Morgan fingerprint density at radius 2 is 2.29 bits per heavy atom. The van der Waals surface area contributed by atoms with Crippen LogP contribution in [0.5, 0.6) is 0 Å². The molecule has 0 radical (unpaired) electrons. The van der Waals surface area contributed by atoms with Crippen molar-refractivity contribution >= 4 is 6.03 Å². The van der Waals surface area contributed by atoms with Crippen LogP contribution >= 0.6 is 0 Å². The van der Waals surface area contributed by atoms with Gasteiger partial charge in [-0.25, -0.2) is 9.78 Å². The lowest BCUT2D eigenvalue weighted by Crippen LogP contribution is -2.34. The second kappa shape index (κ2) is 5.26. The summed E-state index contributed by atoms with van der Waals surface area (Å²) in [6.07, 6.45) is 2.49. The van der Waals surface area contributed by atoms with Crippen LogP contribution in [0.2, 0.25) is 0 Å². The number of amides is 2. The van der Waals surface area contributed by atoms with Crippen LogP contribution in [0.15, 0.2) is 10.6 Å². The van der Waals surface area contributed by atoms with Gasteiger partial charge < -0.3 is 15.1 Å². The number of hydrogen-bond donors (Lipinski definition) is 2. The minimum absolute atomic E-state index is 0.205. The lowest BCUT2D eigenvalue weighted by atomic mass is 10.4. The number of nitrogens with one attached hydrogen (secondary N) is 2. The summed E-state index contributed by atoms with van der Waals surface area (Å²) in [4.78, 5) is 15.0. The van der Waals surface area contributed by atoms with Gasteiger partial charge in [-0.3, -0.25) is 0 Å². The van der Waals surface area contributed by atoms with Crippen molar-refractivity contribution < 1.29 is 9.21 Å². The summed E-state index contributed by atoms with van der Waals surface area (Å²) in [6.45, 7) is 4.78. The average Bonchev–Trinajstić information content (AvgIpc) is 2.63. The molecule has 0 aliphatic carbocycles. The zero-order chi connectivity index (χ0) is 10.4. The van der Waals surface area contributed by atoms with Gasteiger partial charge in [-0.2, -0.15) is 0 Å². The van der Waals surface area contributed by atoms with Crippen LogP contribution in [0, 0.1) is 0 Å². The molecule has 2 amide bonds. The molecule has 1 heterocycles. The number of aromatic nitrogens is 1. The van der Waals surface area contributed by atoms with Gasteiger partial charge in [-0.1, -0.05) is 6.92 Å². The van der Waals surface area contributed by atoms with Crippen LogP contribution in [0.3, 0.4) is 0 Å². The molecule has 1 aromatic rings. The SMILES string of the molecule is CCNC(=O)NCc1ncc(CC)o1. The van der Waals surface area contributed by atoms with Crippen molar-refractivity contribution in [2.45, 2.75) is 26.8 Å². The van der Waals surface area contributed by atoms with Crippen LogP contribution < -0.4 is 10.6 Å². The minimum atomic E-state index is -0.205. The Morgan fingerprint density at radius 3 is 2.86 bits per heavy atom. The maximum absolute atomic E-state index is 11.0. The zero-order valence-electron chi connectivity index (χ0n) is 8.46. The Balaban J connectivity index is 2.34. The molecule has 0 saturated heterocycles. The molecule has 14 heavy (non-hydrogen) atoms. The number of nitrogens with zero attached hydrogens (tertiary/aromatic N) is 1. The van der Waals surface area contributed by atoms with Gasteiger partial charge in [-0.15, -0.1) is 0 Å². The molecule has 0 bridgehead atoms. The van der Waals surface area contributed by atoms with Gasteiger partial charge in [0.05, 0.1) is 12.7 Å². The molecule has 0 unspecified atom stereocenters. The predicted octanol–water partition coefficient (Wildman–Crippen LogP) is 1.06. The van der Waals surface area contributed by atoms with E-state index in [0.29, 0.717) is 19.0 Å². The van der Waals surface area contributed by atoms with E-state index in [4.69, 9.17) is 4.42 Å². The van der Waals surface area contributed by atoms with Gasteiger partial charge in [0.2, 0.25) is 5.89 Å². The van der Waals surface area contributed by atoms with E-state index < -0.39 is 0 Å². The molecular formula is C9H15N3O2. The molecule has 0 atom stereocenters. The summed E-state index contributed by atoms with van der Waals surface area (Å²) < 4.78 is 5.31. The first-order valence-electron chi connectivity index (χ1n) is 4.71. The Bertz CT molecular complexity index is 296. The molecule has 1 rings (SSSR count). The Kier molecular flexibility index (Phi) is 3.97. The van der Waals surface area contributed by atoms with Crippen molar-refractivity contribution in [3.05, 3.63) is 17.8 Å². The molecule has 0 spiro atoms. The fourth-order valence-corrected chi connectivity index (χ4v) is 0.972. The summed E-state index contributed by atoms with van der Waals surface area (Å²) in [6, 6.07) is -0.205. The summed E-state index contributed by atoms with van der Waals surface area (Å²) in [5.74, 6) is 1.37. The third-order valence-electron chi connectivity index (χ3n) is 1.69. The van der Waals surface area contributed by atoms with E-state index >= 15 is 0 Å². The highest BCUT2D eigenvalue weighted by molar-refractivity contribution is 5.73. The van der Waals surface area contributed by atoms with Crippen LogP contribution in [-0.2, 0) is 13.0 Å². The lowest BCUT2D eigenvalue weighted by molar-refractivity contribution is 0.239. The number of urea groups is 1. The molecule has 5 heteroatoms. The number of hydrogen-bond acceptors (Lipinski definition) is 3. The number of rotatable bonds is 4. The topological polar surface area (TPSA) is 67.2 Å². The summed E-state index contributed by atoms with van der Waals surface area (Å²) in [5.41, 5.74) is 0. The lowest BCUT2D eigenvalue weighted by Gasteiger charge is -2.02. The highest BCUT2D eigenvalue weighted by atomic mass is 16.4. The van der Waals surface area contributed by atoms with E-state index in [-0.39, 0.29) is 6.03 Å². The van der Waals surface area contributed by atoms with Crippen molar-refractivity contribution in [2.75, 3.05) is 6.54 Å². The van der Waals surface area contributed by atoms with E-state index in [1.54, 1.807) is 6.20 Å². The second-order valence-corrected chi connectivity index (χ2v) is 2.79. The second-order valence-electron chi connectivity index (χ2n) is 2.79. The van der Waals surface area contributed by atoms with Crippen LogP contribution in [0.25, 0.3) is 0 Å². The smallest absolute Gasteiger partial charge is 0.315 e. The maximum atomic E-state index is 11.0. The molecular weight excluding hydrogens is 182 g/mol. The van der Waals surface area contributed by atoms with E-state index in [9.17, 15) is 4.79 Å². The zero-order valence-corrected chi connectivity index (χ0v) is 8.46. The van der Waals surface area contributed by atoms with Crippen LogP contribution in [-0.4, -0.2) is 17.6 Å². The summed E-state index contributed by atoms with van der Waals surface area (Å²) >= 11 is 0. The molecule has 5 nitrogen and oxygen atoms in total. The largest absolute Gasteiger partial charge is 0.444 e. The van der Waals surface area contributed by atoms with Crippen molar-refractivity contribution in [3.8, 4) is 0 Å². The monoisotopic (exact) mass is 197 g/mol. The fourth-order valence-electron chi connectivity index (χ4n) is 0.972. The number of aryl methyl sites for hydroxylation is 1. The Morgan fingerprint density at radius 1 is 1.50 bits per heavy atom. The van der Waals surface area contributed by atoms with E-state index in [1.165, 1.54) is 0 Å².